The lowest BCUT2D eigenvalue weighted by molar-refractivity contribution is -0.140. The molecule has 0 atom stereocenters. The van der Waals surface area contributed by atoms with Crippen molar-refractivity contribution in [1.29, 1.82) is 0 Å². The van der Waals surface area contributed by atoms with Gasteiger partial charge in [0.05, 0.1) is 24.0 Å². The highest BCUT2D eigenvalue weighted by molar-refractivity contribution is 7.88. The molecule has 158 valence electrons. The van der Waals surface area contributed by atoms with Gasteiger partial charge in [0.25, 0.3) is 5.89 Å². The number of rotatable bonds is 6. The first kappa shape index (κ1) is 20.3. The molecular weight excluding hydrogens is 424 g/mol. The van der Waals surface area contributed by atoms with E-state index < -0.39 is 16.2 Å². The van der Waals surface area contributed by atoms with Gasteiger partial charge in [-0.1, -0.05) is 35.5 Å². The van der Waals surface area contributed by atoms with Crippen molar-refractivity contribution in [3.63, 3.8) is 0 Å². The van der Waals surface area contributed by atoms with Gasteiger partial charge < -0.3 is 9.26 Å². The average Bonchev–Trinajstić information content (AvgIpc) is 3.24. The maximum Gasteiger partial charge on any atom is 0.344 e. The zero-order valence-electron chi connectivity index (χ0n) is 16.2. The van der Waals surface area contributed by atoms with Gasteiger partial charge in [-0.05, 0) is 12.5 Å². The van der Waals surface area contributed by atoms with E-state index in [-0.39, 0.29) is 36.2 Å². The first-order valence-corrected chi connectivity index (χ1v) is 10.4. The molecule has 0 saturated carbocycles. The second-order valence-corrected chi connectivity index (χ2v) is 7.95. The zero-order chi connectivity index (χ0) is 21.8. The number of esters is 1. The molecule has 1 aliphatic rings. The van der Waals surface area contributed by atoms with E-state index >= 15 is 0 Å². The number of ether oxygens (including phenoxy) is 1. The van der Waals surface area contributed by atoms with Crippen molar-refractivity contribution in [3.05, 3.63) is 72.1 Å². The quantitative estimate of drug-likeness (QED) is 0.523. The van der Waals surface area contributed by atoms with Crippen LogP contribution in [0.3, 0.4) is 0 Å². The standard InChI is InChI=1S/C19H16N6O5S/c1-13-15(11-25(31(27,28)24-13)10-14-5-3-2-4-6-14)19(26)29-12-17-22-18(23-30-17)16-9-20-7-8-21-16/h2-9,11H,10,12H2,1H3. The van der Waals surface area contributed by atoms with E-state index in [0.29, 0.717) is 5.69 Å². The molecule has 0 radical (unpaired) electrons. The fourth-order valence-corrected chi connectivity index (χ4v) is 3.81. The minimum atomic E-state index is -3.95. The monoisotopic (exact) mass is 440 g/mol. The molecular formula is C19H16N6O5S. The lowest BCUT2D eigenvalue weighted by atomic mass is 10.2. The zero-order valence-corrected chi connectivity index (χ0v) is 17.1. The molecule has 31 heavy (non-hydrogen) atoms. The van der Waals surface area contributed by atoms with Crippen molar-refractivity contribution in [1.82, 2.24) is 24.4 Å². The Labute approximate surface area is 177 Å². The lowest BCUT2D eigenvalue weighted by Crippen LogP contribution is -2.31. The molecule has 3 heterocycles. The van der Waals surface area contributed by atoms with Crippen LogP contribution in [0.2, 0.25) is 0 Å². The molecule has 0 fully saturated rings. The molecule has 0 amide bonds. The minimum absolute atomic E-state index is 0.0134. The Bertz CT molecular complexity index is 1260. The van der Waals surface area contributed by atoms with Gasteiger partial charge in [0.1, 0.15) is 5.69 Å². The van der Waals surface area contributed by atoms with Crippen molar-refractivity contribution in [2.75, 3.05) is 0 Å². The lowest BCUT2D eigenvalue weighted by Gasteiger charge is -2.23. The summed E-state index contributed by atoms with van der Waals surface area (Å²) >= 11 is 0. The van der Waals surface area contributed by atoms with Gasteiger partial charge >= 0.3 is 16.2 Å². The molecule has 2 aromatic heterocycles. The Hall–Kier alpha value is -3.93. The maximum atomic E-state index is 12.6. The van der Waals surface area contributed by atoms with Gasteiger partial charge in [-0.3, -0.25) is 9.29 Å². The summed E-state index contributed by atoms with van der Waals surface area (Å²) in [6.07, 6.45) is 5.68. The Balaban J connectivity index is 1.47. The van der Waals surface area contributed by atoms with Crippen LogP contribution in [0.5, 0.6) is 0 Å². The van der Waals surface area contributed by atoms with E-state index in [4.69, 9.17) is 9.26 Å². The Morgan fingerprint density at radius 2 is 2.00 bits per heavy atom. The molecule has 0 bridgehead atoms. The number of carbonyl (C=O) groups excluding carboxylic acids is 1. The highest BCUT2D eigenvalue weighted by Crippen LogP contribution is 2.21. The summed E-state index contributed by atoms with van der Waals surface area (Å²) in [4.78, 5) is 24.6. The first-order chi connectivity index (χ1) is 14.9. The van der Waals surface area contributed by atoms with E-state index in [1.54, 1.807) is 24.3 Å². The van der Waals surface area contributed by atoms with Crippen molar-refractivity contribution >= 4 is 21.9 Å². The van der Waals surface area contributed by atoms with Gasteiger partial charge in [-0.15, -0.1) is 4.40 Å². The minimum Gasteiger partial charge on any atom is -0.452 e. The molecule has 12 heteroatoms. The Kier molecular flexibility index (Phi) is 5.54. The summed E-state index contributed by atoms with van der Waals surface area (Å²) in [7, 11) is -3.95. The van der Waals surface area contributed by atoms with E-state index in [2.05, 4.69) is 24.5 Å². The Morgan fingerprint density at radius 1 is 1.19 bits per heavy atom. The number of aromatic nitrogens is 4. The fraction of sp³-hybridized carbons (Fsp3) is 0.158. The van der Waals surface area contributed by atoms with Crippen molar-refractivity contribution in [2.45, 2.75) is 20.1 Å². The summed E-state index contributed by atoms with van der Waals surface area (Å²) < 4.78 is 39.7. The second kappa shape index (κ2) is 8.44. The highest BCUT2D eigenvalue weighted by Gasteiger charge is 2.29. The number of hydrogen-bond donors (Lipinski definition) is 0. The molecule has 0 saturated heterocycles. The van der Waals surface area contributed by atoms with Crippen LogP contribution in [-0.2, 0) is 32.9 Å². The van der Waals surface area contributed by atoms with Crippen LogP contribution in [-0.4, -0.2) is 44.5 Å². The van der Waals surface area contributed by atoms with Crippen LogP contribution in [0.25, 0.3) is 11.5 Å². The van der Waals surface area contributed by atoms with Crippen LogP contribution < -0.4 is 0 Å². The molecule has 11 nitrogen and oxygen atoms in total. The first-order valence-electron chi connectivity index (χ1n) is 9.03. The van der Waals surface area contributed by atoms with E-state index in [0.717, 1.165) is 9.87 Å². The van der Waals surface area contributed by atoms with Crippen LogP contribution in [0, 0.1) is 0 Å². The second-order valence-electron chi connectivity index (χ2n) is 6.41. The molecule has 4 rings (SSSR count). The van der Waals surface area contributed by atoms with Gasteiger partial charge in [0.15, 0.2) is 6.61 Å². The summed E-state index contributed by atoms with van der Waals surface area (Å²) in [5.74, 6) is -0.517. The van der Waals surface area contributed by atoms with Gasteiger partial charge in [-0.2, -0.15) is 13.4 Å². The summed E-state index contributed by atoms with van der Waals surface area (Å²) in [5, 5.41) is 3.76. The van der Waals surface area contributed by atoms with Crippen LogP contribution in [0.4, 0.5) is 0 Å². The highest BCUT2D eigenvalue weighted by atomic mass is 32.2. The van der Waals surface area contributed by atoms with Crippen LogP contribution >= 0.6 is 0 Å². The smallest absolute Gasteiger partial charge is 0.344 e. The van der Waals surface area contributed by atoms with Crippen LogP contribution in [0.1, 0.15) is 18.4 Å². The molecule has 0 aliphatic carbocycles. The predicted octanol–water partition coefficient (Wildman–Crippen LogP) is 1.68. The Morgan fingerprint density at radius 3 is 2.74 bits per heavy atom. The molecule has 0 spiro atoms. The largest absolute Gasteiger partial charge is 0.452 e. The normalized spacial score (nSPS) is 15.2. The number of benzene rings is 1. The van der Waals surface area contributed by atoms with Gasteiger partial charge in [0.2, 0.25) is 5.82 Å². The van der Waals surface area contributed by atoms with E-state index in [1.807, 2.05) is 6.07 Å². The summed E-state index contributed by atoms with van der Waals surface area (Å²) in [6.45, 7) is 1.15. The SMILES string of the molecule is CC1=NS(=O)(=O)N(Cc2ccccc2)C=C1C(=O)OCc1nc(-c2cnccn2)no1. The number of nitrogens with zero attached hydrogens (tertiary/aromatic N) is 6. The fourth-order valence-electron chi connectivity index (χ4n) is 2.71. The number of hydrogen-bond acceptors (Lipinski definition) is 9. The molecule has 0 unspecified atom stereocenters. The molecule has 1 aromatic carbocycles. The van der Waals surface area contributed by atoms with Crippen molar-refractivity contribution in [2.24, 2.45) is 4.40 Å². The van der Waals surface area contributed by atoms with Crippen molar-refractivity contribution in [3.8, 4) is 11.5 Å². The summed E-state index contributed by atoms with van der Waals surface area (Å²) in [6, 6.07) is 8.95. The third kappa shape index (κ3) is 4.64. The van der Waals surface area contributed by atoms with E-state index in [9.17, 15) is 13.2 Å². The predicted molar refractivity (Wildman–Crippen MR) is 107 cm³/mol. The number of carbonyl (C=O) groups is 1. The average molecular weight is 440 g/mol. The molecule has 0 N–H and O–H groups in total. The third-order valence-corrected chi connectivity index (χ3v) is 5.53. The molecule has 1 aliphatic heterocycles. The third-order valence-electron chi connectivity index (χ3n) is 4.20. The maximum absolute atomic E-state index is 12.6. The van der Waals surface area contributed by atoms with E-state index in [1.165, 1.54) is 31.7 Å². The topological polar surface area (TPSA) is 141 Å². The van der Waals surface area contributed by atoms with Gasteiger partial charge in [-0.25, -0.2) is 9.78 Å². The van der Waals surface area contributed by atoms with Crippen LogP contribution in [0.15, 0.2) is 69.6 Å². The molecule has 3 aromatic rings. The van der Waals surface area contributed by atoms with Crippen molar-refractivity contribution < 1.29 is 22.5 Å². The summed E-state index contributed by atoms with van der Waals surface area (Å²) in [5.41, 5.74) is 1.19. The van der Waals surface area contributed by atoms with Gasteiger partial charge in [0, 0.05) is 18.6 Å².